The van der Waals surface area contributed by atoms with Gasteiger partial charge in [-0.15, -0.1) is 0 Å². The van der Waals surface area contributed by atoms with Crippen molar-refractivity contribution in [3.8, 4) is 11.8 Å². The topological polar surface area (TPSA) is 0 Å². The quantitative estimate of drug-likeness (QED) is 0.259. The van der Waals surface area contributed by atoms with Crippen molar-refractivity contribution in [2.24, 2.45) is 0 Å². The first-order valence-corrected chi connectivity index (χ1v) is 11.4. The molecule has 0 saturated heterocycles. The van der Waals surface area contributed by atoms with Crippen LogP contribution in [0.25, 0.3) is 10.8 Å². The van der Waals surface area contributed by atoms with Crippen LogP contribution in [0.3, 0.4) is 0 Å². The summed E-state index contributed by atoms with van der Waals surface area (Å²) in [5.41, 5.74) is 5.04. The van der Waals surface area contributed by atoms with Crippen LogP contribution in [0.1, 0.15) is 81.0 Å². The van der Waals surface area contributed by atoms with E-state index >= 15 is 0 Å². The fraction of sp³-hybridized carbons (Fsp3) is 0.379. The molecule has 0 aliphatic heterocycles. The normalized spacial score (nSPS) is 10.7. The highest BCUT2D eigenvalue weighted by atomic mass is 14.0. The highest BCUT2D eigenvalue weighted by Crippen LogP contribution is 2.19. The van der Waals surface area contributed by atoms with Gasteiger partial charge in [0.2, 0.25) is 0 Å². The van der Waals surface area contributed by atoms with Gasteiger partial charge in [-0.1, -0.05) is 94.2 Å². The summed E-state index contributed by atoms with van der Waals surface area (Å²) < 4.78 is 0. The van der Waals surface area contributed by atoms with Crippen molar-refractivity contribution in [1.29, 1.82) is 0 Å². The van der Waals surface area contributed by atoms with Gasteiger partial charge in [-0.25, -0.2) is 0 Å². The second kappa shape index (κ2) is 11.5. The monoisotopic (exact) mass is 382 g/mol. The van der Waals surface area contributed by atoms with Crippen LogP contribution < -0.4 is 0 Å². The minimum absolute atomic E-state index is 1.08. The molecule has 29 heavy (non-hydrogen) atoms. The van der Waals surface area contributed by atoms with Gasteiger partial charge >= 0.3 is 0 Å². The Hall–Kier alpha value is -2.52. The zero-order valence-corrected chi connectivity index (χ0v) is 18.1. The van der Waals surface area contributed by atoms with Crippen LogP contribution in [0.2, 0.25) is 0 Å². The van der Waals surface area contributed by atoms with Crippen LogP contribution in [0, 0.1) is 11.8 Å². The van der Waals surface area contributed by atoms with Crippen molar-refractivity contribution >= 4 is 10.8 Å². The van der Waals surface area contributed by atoms with Crippen LogP contribution in [-0.4, -0.2) is 0 Å². The smallest absolute Gasteiger partial charge is 0.0255 e. The van der Waals surface area contributed by atoms with E-state index in [1.54, 1.807) is 0 Å². The molecule has 0 aliphatic rings. The Kier molecular flexibility index (Phi) is 8.39. The van der Waals surface area contributed by atoms with Crippen molar-refractivity contribution in [2.75, 3.05) is 0 Å². The van der Waals surface area contributed by atoms with Gasteiger partial charge in [0.1, 0.15) is 0 Å². The van der Waals surface area contributed by atoms with Crippen LogP contribution in [0.15, 0.2) is 60.7 Å². The van der Waals surface area contributed by atoms with Crippen LogP contribution >= 0.6 is 0 Å². The molecular weight excluding hydrogens is 348 g/mol. The SMILES string of the molecule is CCCCCCc1ccc(C#Cc2ccc3cc(CCCCC)ccc3c2)cc1. The van der Waals surface area contributed by atoms with Crippen LogP contribution in [-0.2, 0) is 12.8 Å². The van der Waals surface area contributed by atoms with E-state index < -0.39 is 0 Å². The zero-order chi connectivity index (χ0) is 20.3. The Morgan fingerprint density at radius 2 is 1.07 bits per heavy atom. The maximum Gasteiger partial charge on any atom is 0.0255 e. The number of fused-ring (bicyclic) bond motifs is 1. The van der Waals surface area contributed by atoms with Gasteiger partial charge in [-0.2, -0.15) is 0 Å². The third-order valence-electron chi connectivity index (χ3n) is 5.60. The van der Waals surface area contributed by atoms with E-state index in [0.717, 1.165) is 11.1 Å². The summed E-state index contributed by atoms with van der Waals surface area (Å²) in [6.07, 6.45) is 11.5. The number of hydrogen-bond donors (Lipinski definition) is 0. The van der Waals surface area contributed by atoms with Crippen molar-refractivity contribution in [2.45, 2.75) is 71.6 Å². The van der Waals surface area contributed by atoms with E-state index in [2.05, 4.69) is 86.4 Å². The van der Waals surface area contributed by atoms with E-state index in [1.807, 2.05) is 0 Å². The summed E-state index contributed by atoms with van der Waals surface area (Å²) in [7, 11) is 0. The fourth-order valence-corrected chi connectivity index (χ4v) is 3.76. The summed E-state index contributed by atoms with van der Waals surface area (Å²) >= 11 is 0. The Morgan fingerprint density at radius 1 is 0.517 bits per heavy atom. The molecule has 0 nitrogen and oxygen atoms in total. The molecule has 0 unspecified atom stereocenters. The number of benzene rings is 3. The summed E-state index contributed by atoms with van der Waals surface area (Å²) in [5.74, 6) is 6.66. The van der Waals surface area contributed by atoms with Gasteiger partial charge in [-0.3, -0.25) is 0 Å². The van der Waals surface area contributed by atoms with Crippen molar-refractivity contribution in [3.63, 3.8) is 0 Å². The highest BCUT2D eigenvalue weighted by Gasteiger charge is 1.99. The summed E-state index contributed by atoms with van der Waals surface area (Å²) in [5, 5.41) is 2.59. The molecule has 150 valence electrons. The van der Waals surface area contributed by atoms with Gasteiger partial charge in [0.25, 0.3) is 0 Å². The minimum atomic E-state index is 1.08. The summed E-state index contributed by atoms with van der Waals surface area (Å²) in [6, 6.07) is 22.2. The molecule has 0 fully saturated rings. The van der Waals surface area contributed by atoms with Gasteiger partial charge in [0, 0.05) is 11.1 Å². The van der Waals surface area contributed by atoms with E-state index in [4.69, 9.17) is 0 Å². The van der Waals surface area contributed by atoms with Crippen LogP contribution in [0.5, 0.6) is 0 Å². The molecule has 0 saturated carbocycles. The van der Waals surface area contributed by atoms with E-state index in [0.29, 0.717) is 0 Å². The second-order valence-electron chi connectivity index (χ2n) is 8.11. The molecule has 3 aromatic rings. The Labute approximate surface area is 177 Å². The minimum Gasteiger partial charge on any atom is -0.0654 e. The van der Waals surface area contributed by atoms with Crippen molar-refractivity contribution < 1.29 is 0 Å². The molecule has 0 aliphatic carbocycles. The number of unbranched alkanes of at least 4 members (excludes halogenated alkanes) is 5. The molecular formula is C29H34. The molecule has 0 spiro atoms. The molecule has 0 heterocycles. The van der Waals surface area contributed by atoms with Crippen molar-refractivity contribution in [1.82, 2.24) is 0 Å². The lowest BCUT2D eigenvalue weighted by molar-refractivity contribution is 0.667. The lowest BCUT2D eigenvalue weighted by atomic mass is 10.0. The Balaban J connectivity index is 1.63. The van der Waals surface area contributed by atoms with E-state index in [-0.39, 0.29) is 0 Å². The first-order chi connectivity index (χ1) is 14.3. The van der Waals surface area contributed by atoms with Gasteiger partial charge in [0.15, 0.2) is 0 Å². The van der Waals surface area contributed by atoms with Gasteiger partial charge in [-0.05, 0) is 71.8 Å². The predicted octanol–water partition coefficient (Wildman–Crippen LogP) is 8.10. The third kappa shape index (κ3) is 6.79. The molecule has 0 bridgehead atoms. The van der Waals surface area contributed by atoms with Gasteiger partial charge < -0.3 is 0 Å². The zero-order valence-electron chi connectivity index (χ0n) is 18.1. The van der Waals surface area contributed by atoms with Gasteiger partial charge in [0.05, 0.1) is 0 Å². The largest absolute Gasteiger partial charge is 0.0654 e. The molecule has 3 aromatic carbocycles. The van der Waals surface area contributed by atoms with E-state index in [1.165, 1.54) is 79.7 Å². The average Bonchev–Trinajstić information content (AvgIpc) is 2.76. The molecule has 0 atom stereocenters. The lowest BCUT2D eigenvalue weighted by Crippen LogP contribution is -1.87. The third-order valence-corrected chi connectivity index (χ3v) is 5.60. The first kappa shape index (κ1) is 21.2. The first-order valence-electron chi connectivity index (χ1n) is 11.4. The van der Waals surface area contributed by atoms with Crippen LogP contribution in [0.4, 0.5) is 0 Å². The number of hydrogen-bond acceptors (Lipinski definition) is 0. The lowest BCUT2D eigenvalue weighted by Gasteiger charge is -2.04. The Morgan fingerprint density at radius 3 is 1.86 bits per heavy atom. The summed E-state index contributed by atoms with van der Waals surface area (Å²) in [6.45, 7) is 4.51. The summed E-state index contributed by atoms with van der Waals surface area (Å²) in [4.78, 5) is 0. The molecule has 0 radical (unpaired) electrons. The molecule has 0 amide bonds. The predicted molar refractivity (Wildman–Crippen MR) is 127 cm³/mol. The molecule has 0 heteroatoms. The molecule has 3 rings (SSSR count). The number of aryl methyl sites for hydroxylation is 2. The fourth-order valence-electron chi connectivity index (χ4n) is 3.76. The highest BCUT2D eigenvalue weighted by molar-refractivity contribution is 5.84. The average molecular weight is 383 g/mol. The number of rotatable bonds is 9. The van der Waals surface area contributed by atoms with Crippen molar-refractivity contribution in [3.05, 3.63) is 82.9 Å². The Bertz CT molecular complexity index is 951. The molecule has 0 aromatic heterocycles. The second-order valence-corrected chi connectivity index (χ2v) is 8.11. The van der Waals surface area contributed by atoms with E-state index in [9.17, 15) is 0 Å². The maximum atomic E-state index is 3.34. The standard InChI is InChI=1S/C29H34/c1-3-5-7-9-10-24-12-14-25(15-13-24)16-17-27-19-21-28-22-26(11-8-6-4-2)18-20-29(28)23-27/h12-15,18-23H,3-11H2,1-2H3. The maximum absolute atomic E-state index is 3.34. The molecule has 0 N–H and O–H groups in total.